The van der Waals surface area contributed by atoms with Crippen molar-refractivity contribution < 1.29 is 14.1 Å². The monoisotopic (exact) mass is 409 g/mol. The number of carbonyl (C=O) groups excluding carboxylic acids is 1. The second-order valence-corrected chi connectivity index (χ2v) is 7.64. The van der Waals surface area contributed by atoms with Crippen molar-refractivity contribution in [1.29, 1.82) is 0 Å². The number of aromatic nitrogens is 5. The van der Waals surface area contributed by atoms with Crippen molar-refractivity contribution in [3.63, 3.8) is 0 Å². The molecular weight excluding hydrogens is 386 g/mol. The van der Waals surface area contributed by atoms with E-state index in [4.69, 9.17) is 9.26 Å². The van der Waals surface area contributed by atoms with Crippen molar-refractivity contribution in [3.8, 4) is 17.3 Å². The Morgan fingerprint density at radius 2 is 2.00 bits per heavy atom. The highest BCUT2D eigenvalue weighted by Crippen LogP contribution is 2.39. The minimum absolute atomic E-state index is 0.0634. The normalized spacial score (nSPS) is 16.7. The summed E-state index contributed by atoms with van der Waals surface area (Å²) >= 11 is 0. The summed E-state index contributed by atoms with van der Waals surface area (Å²) in [5.41, 5.74) is 1.33. The first-order chi connectivity index (χ1) is 14.6. The molecule has 1 saturated carbocycles. The van der Waals surface area contributed by atoms with Gasteiger partial charge in [0.05, 0.1) is 7.11 Å². The van der Waals surface area contributed by atoms with Crippen LogP contribution in [0.15, 0.2) is 29.0 Å². The number of anilines is 1. The molecule has 4 heterocycles. The summed E-state index contributed by atoms with van der Waals surface area (Å²) in [6.07, 6.45) is 5.72. The standard InChI is InChI=1S/C20H23N7O3/c1-25-12-15(19(23-25)29-2)20(28)27-9-7-26(8-10-27)16-6-5-14(11-21-16)17-22-18(30-24-17)13-3-4-13/h5-6,11-13H,3-4,7-10H2,1-2H3. The lowest BCUT2D eigenvalue weighted by molar-refractivity contribution is 0.0743. The van der Waals surface area contributed by atoms with Crippen LogP contribution in [0.3, 0.4) is 0 Å². The molecule has 1 amide bonds. The molecule has 30 heavy (non-hydrogen) atoms. The van der Waals surface area contributed by atoms with Crippen LogP contribution in [0.25, 0.3) is 11.4 Å². The summed E-state index contributed by atoms with van der Waals surface area (Å²) < 4.78 is 12.1. The molecule has 1 aliphatic heterocycles. The van der Waals surface area contributed by atoms with Gasteiger partial charge in [-0.1, -0.05) is 5.16 Å². The van der Waals surface area contributed by atoms with Crippen LogP contribution in [-0.4, -0.2) is 69.0 Å². The third-order valence-corrected chi connectivity index (χ3v) is 5.48. The lowest BCUT2D eigenvalue weighted by Crippen LogP contribution is -2.49. The molecule has 2 fully saturated rings. The van der Waals surface area contributed by atoms with Gasteiger partial charge in [-0.3, -0.25) is 9.48 Å². The van der Waals surface area contributed by atoms with E-state index in [0.717, 1.165) is 30.1 Å². The number of methoxy groups -OCH3 is 1. The fourth-order valence-corrected chi connectivity index (χ4v) is 3.63. The van der Waals surface area contributed by atoms with Crippen molar-refractivity contribution in [3.05, 3.63) is 36.0 Å². The van der Waals surface area contributed by atoms with E-state index in [-0.39, 0.29) is 5.91 Å². The van der Waals surface area contributed by atoms with Crippen molar-refractivity contribution in [1.82, 2.24) is 29.8 Å². The zero-order valence-corrected chi connectivity index (χ0v) is 17.0. The van der Waals surface area contributed by atoms with Crippen LogP contribution >= 0.6 is 0 Å². The van der Waals surface area contributed by atoms with Crippen LogP contribution in [0.5, 0.6) is 5.88 Å². The number of carbonyl (C=O) groups is 1. The van der Waals surface area contributed by atoms with Crippen LogP contribution in [0.4, 0.5) is 5.82 Å². The van der Waals surface area contributed by atoms with Gasteiger partial charge in [0, 0.05) is 57.1 Å². The fourth-order valence-electron chi connectivity index (χ4n) is 3.63. The van der Waals surface area contributed by atoms with E-state index in [9.17, 15) is 4.79 Å². The highest BCUT2D eigenvalue weighted by molar-refractivity contribution is 5.96. The predicted octanol–water partition coefficient (Wildman–Crippen LogP) is 1.71. The maximum absolute atomic E-state index is 12.8. The van der Waals surface area contributed by atoms with Crippen LogP contribution in [0.2, 0.25) is 0 Å². The van der Waals surface area contributed by atoms with Gasteiger partial charge in [0.1, 0.15) is 11.4 Å². The zero-order valence-electron chi connectivity index (χ0n) is 17.0. The summed E-state index contributed by atoms with van der Waals surface area (Å²) in [6.45, 7) is 2.62. The number of piperazine rings is 1. The quantitative estimate of drug-likeness (QED) is 0.628. The molecule has 0 bridgehead atoms. The molecule has 0 radical (unpaired) electrons. The molecule has 3 aromatic heterocycles. The Bertz CT molecular complexity index is 1050. The van der Waals surface area contributed by atoms with Gasteiger partial charge in [0.25, 0.3) is 5.91 Å². The second-order valence-electron chi connectivity index (χ2n) is 7.64. The number of amides is 1. The van der Waals surface area contributed by atoms with Gasteiger partial charge >= 0.3 is 0 Å². The summed E-state index contributed by atoms with van der Waals surface area (Å²) in [5, 5.41) is 8.23. The summed E-state index contributed by atoms with van der Waals surface area (Å²) in [4.78, 5) is 25.9. The first kappa shape index (κ1) is 18.6. The Balaban J connectivity index is 1.22. The molecule has 0 atom stereocenters. The highest BCUT2D eigenvalue weighted by atomic mass is 16.5. The number of hydrogen-bond acceptors (Lipinski definition) is 8. The topological polar surface area (TPSA) is 102 Å². The van der Waals surface area contributed by atoms with E-state index in [1.54, 1.807) is 24.1 Å². The van der Waals surface area contributed by atoms with E-state index in [1.165, 1.54) is 7.11 Å². The highest BCUT2D eigenvalue weighted by Gasteiger charge is 2.30. The van der Waals surface area contributed by atoms with Crippen molar-refractivity contribution >= 4 is 11.7 Å². The Morgan fingerprint density at radius 1 is 1.20 bits per heavy atom. The minimum Gasteiger partial charge on any atom is -0.479 e. The van der Waals surface area contributed by atoms with Crippen LogP contribution < -0.4 is 9.64 Å². The summed E-state index contributed by atoms with van der Waals surface area (Å²) in [7, 11) is 3.29. The van der Waals surface area contributed by atoms with Gasteiger partial charge in [0.15, 0.2) is 0 Å². The average molecular weight is 409 g/mol. The average Bonchev–Trinajstić information content (AvgIpc) is 3.39. The van der Waals surface area contributed by atoms with Gasteiger partial charge in [-0.05, 0) is 25.0 Å². The smallest absolute Gasteiger partial charge is 0.261 e. The molecule has 0 aromatic carbocycles. The first-order valence-electron chi connectivity index (χ1n) is 10.0. The lowest BCUT2D eigenvalue weighted by atomic mass is 10.2. The van der Waals surface area contributed by atoms with Gasteiger partial charge in [-0.2, -0.15) is 4.98 Å². The number of rotatable bonds is 5. The molecule has 0 N–H and O–H groups in total. The van der Waals surface area contributed by atoms with Crippen molar-refractivity contribution in [2.75, 3.05) is 38.2 Å². The van der Waals surface area contributed by atoms with Gasteiger partial charge in [-0.15, -0.1) is 5.10 Å². The number of hydrogen-bond donors (Lipinski definition) is 0. The Kier molecular flexibility index (Phi) is 4.61. The minimum atomic E-state index is -0.0634. The number of pyridine rings is 1. The van der Waals surface area contributed by atoms with E-state index >= 15 is 0 Å². The number of aryl methyl sites for hydroxylation is 1. The molecule has 10 heteroatoms. The van der Waals surface area contributed by atoms with Crippen molar-refractivity contribution in [2.24, 2.45) is 7.05 Å². The lowest BCUT2D eigenvalue weighted by Gasteiger charge is -2.35. The maximum Gasteiger partial charge on any atom is 0.261 e. The van der Waals surface area contributed by atoms with Gasteiger partial charge in [-0.25, -0.2) is 4.98 Å². The number of nitrogens with zero attached hydrogens (tertiary/aromatic N) is 7. The summed E-state index contributed by atoms with van der Waals surface area (Å²) in [6, 6.07) is 3.92. The number of ether oxygens (including phenoxy) is 1. The van der Waals surface area contributed by atoms with Crippen LogP contribution in [0, 0.1) is 0 Å². The molecular formula is C20H23N7O3. The van der Waals surface area contributed by atoms with E-state index in [1.807, 2.05) is 17.0 Å². The maximum atomic E-state index is 12.8. The third-order valence-electron chi connectivity index (χ3n) is 5.48. The Hall–Kier alpha value is -3.43. The fraction of sp³-hybridized carbons (Fsp3) is 0.450. The molecule has 0 unspecified atom stereocenters. The summed E-state index contributed by atoms with van der Waals surface area (Å²) in [5.74, 6) is 2.90. The molecule has 0 spiro atoms. The van der Waals surface area contributed by atoms with Crippen LogP contribution in [0.1, 0.15) is 35.0 Å². The third kappa shape index (κ3) is 3.49. The van der Waals surface area contributed by atoms with Gasteiger partial charge < -0.3 is 19.1 Å². The second kappa shape index (κ2) is 7.43. The van der Waals surface area contributed by atoms with Crippen molar-refractivity contribution in [2.45, 2.75) is 18.8 Å². The molecule has 156 valence electrons. The molecule has 10 nitrogen and oxygen atoms in total. The van der Waals surface area contributed by atoms with E-state index in [2.05, 4.69) is 25.1 Å². The molecule has 1 aliphatic carbocycles. The first-order valence-corrected chi connectivity index (χ1v) is 10.0. The Labute approximate surface area is 173 Å². The van der Waals surface area contributed by atoms with Gasteiger partial charge in [0.2, 0.25) is 17.6 Å². The SMILES string of the molecule is COc1nn(C)cc1C(=O)N1CCN(c2ccc(-c3noc(C4CC4)n3)cn2)CC1. The van der Waals surface area contributed by atoms with Crippen LogP contribution in [-0.2, 0) is 7.05 Å². The molecule has 3 aromatic rings. The molecule has 2 aliphatic rings. The van der Waals surface area contributed by atoms with E-state index in [0.29, 0.717) is 49.4 Å². The molecule has 1 saturated heterocycles. The predicted molar refractivity (Wildman–Crippen MR) is 107 cm³/mol. The molecule has 5 rings (SSSR count). The largest absolute Gasteiger partial charge is 0.479 e. The van der Waals surface area contributed by atoms with E-state index < -0.39 is 0 Å². The Morgan fingerprint density at radius 3 is 2.67 bits per heavy atom. The zero-order chi connectivity index (χ0) is 20.7.